The topological polar surface area (TPSA) is 126 Å². The van der Waals surface area contributed by atoms with Crippen molar-refractivity contribution < 1.29 is 42.9 Å². The Morgan fingerprint density at radius 3 is 1.97 bits per heavy atom. The van der Waals surface area contributed by atoms with E-state index in [9.17, 15) is 24.0 Å². The number of hydrogen-bond donors (Lipinski definition) is 0. The maximum atomic E-state index is 13.2. The van der Waals surface area contributed by atoms with Gasteiger partial charge in [0.15, 0.2) is 12.2 Å². The molecule has 2 amide bonds. The summed E-state index contributed by atoms with van der Waals surface area (Å²) in [6, 6.07) is 5.27. The van der Waals surface area contributed by atoms with E-state index in [1.807, 2.05) is 6.92 Å². The van der Waals surface area contributed by atoms with Crippen molar-refractivity contribution in [1.82, 2.24) is 4.90 Å². The largest absolute Gasteiger partial charge is 0.463 e. The van der Waals surface area contributed by atoms with E-state index in [4.69, 9.17) is 18.9 Å². The zero-order chi connectivity index (χ0) is 24.3. The Kier molecular flexibility index (Phi) is 7.75. The fourth-order valence-corrected chi connectivity index (χ4v) is 4.96. The van der Waals surface area contributed by atoms with Crippen molar-refractivity contribution in [2.24, 2.45) is 0 Å². The molecule has 1 fully saturated rings. The summed E-state index contributed by atoms with van der Waals surface area (Å²) in [5, 5.41) is 0. The van der Waals surface area contributed by atoms with Crippen LogP contribution in [0.1, 0.15) is 48.4 Å². The zero-order valence-corrected chi connectivity index (χ0v) is 19.5. The molecule has 10 nitrogen and oxygen atoms in total. The second kappa shape index (κ2) is 10.3. The summed E-state index contributed by atoms with van der Waals surface area (Å²) in [5.74, 6) is -2.57. The molecule has 0 bridgehead atoms. The van der Waals surface area contributed by atoms with Crippen LogP contribution in [-0.2, 0) is 33.3 Å². The quantitative estimate of drug-likeness (QED) is 0.323. The number of imide groups is 1. The van der Waals surface area contributed by atoms with Crippen molar-refractivity contribution in [2.75, 3.05) is 12.4 Å². The van der Waals surface area contributed by atoms with Gasteiger partial charge in [-0.2, -0.15) is 0 Å². The van der Waals surface area contributed by atoms with E-state index < -0.39 is 59.5 Å². The number of thioether (sulfide) groups is 1. The molecule has 11 heteroatoms. The van der Waals surface area contributed by atoms with Crippen LogP contribution in [0.2, 0.25) is 0 Å². The first kappa shape index (κ1) is 24.7. The van der Waals surface area contributed by atoms with Gasteiger partial charge in [-0.05, 0) is 17.9 Å². The minimum absolute atomic E-state index is 0.218. The third-order valence-corrected chi connectivity index (χ3v) is 6.18. The Balaban J connectivity index is 2.07. The molecule has 5 atom stereocenters. The number of rotatable bonds is 7. The smallest absolute Gasteiger partial charge is 0.303 e. The number of nitrogens with zero attached hydrogens (tertiary/aromatic N) is 1. The van der Waals surface area contributed by atoms with Crippen LogP contribution in [0.25, 0.3) is 0 Å². The standard InChI is InChI=1S/C22H25NO9S/c1-5-33-22-17(23-20(27)14-8-6-7-9-15(14)21(23)28)19(31-13(4)26)18(30-12(3)25)16(32-22)10-29-11(2)24/h6-9,16-19,22H,5,10H2,1-4H3. The molecule has 2 heterocycles. The van der Waals surface area contributed by atoms with E-state index in [1.165, 1.54) is 37.7 Å². The van der Waals surface area contributed by atoms with E-state index in [2.05, 4.69) is 0 Å². The molecule has 1 aromatic rings. The Bertz CT molecular complexity index is 930. The van der Waals surface area contributed by atoms with Gasteiger partial charge in [0.25, 0.3) is 11.8 Å². The molecule has 0 radical (unpaired) electrons. The highest BCUT2D eigenvalue weighted by Crippen LogP contribution is 2.38. The lowest BCUT2D eigenvalue weighted by atomic mass is 9.96. The molecule has 2 aliphatic heterocycles. The van der Waals surface area contributed by atoms with Gasteiger partial charge in [-0.25, -0.2) is 0 Å². The molecule has 0 aliphatic carbocycles. The van der Waals surface area contributed by atoms with Crippen molar-refractivity contribution in [3.63, 3.8) is 0 Å². The van der Waals surface area contributed by atoms with Crippen LogP contribution in [-0.4, -0.2) is 76.8 Å². The summed E-state index contributed by atoms with van der Waals surface area (Å²) in [4.78, 5) is 62.8. The Hall–Kier alpha value is -2.92. The molecule has 178 valence electrons. The molecular formula is C22H25NO9S. The predicted octanol–water partition coefficient (Wildman–Crippen LogP) is 1.56. The Morgan fingerprint density at radius 2 is 1.48 bits per heavy atom. The molecule has 0 saturated carbocycles. The van der Waals surface area contributed by atoms with E-state index in [1.54, 1.807) is 12.1 Å². The van der Waals surface area contributed by atoms with Crippen molar-refractivity contribution in [1.29, 1.82) is 0 Å². The number of ether oxygens (including phenoxy) is 4. The van der Waals surface area contributed by atoms with Crippen LogP contribution in [0.15, 0.2) is 24.3 Å². The molecular weight excluding hydrogens is 454 g/mol. The maximum Gasteiger partial charge on any atom is 0.303 e. The van der Waals surface area contributed by atoms with Gasteiger partial charge in [-0.15, -0.1) is 11.8 Å². The van der Waals surface area contributed by atoms with Gasteiger partial charge in [0, 0.05) is 20.8 Å². The van der Waals surface area contributed by atoms with E-state index >= 15 is 0 Å². The second-order valence-corrected chi connectivity index (χ2v) is 8.84. The average molecular weight is 480 g/mol. The summed E-state index contributed by atoms with van der Waals surface area (Å²) < 4.78 is 22.1. The van der Waals surface area contributed by atoms with Gasteiger partial charge in [0.2, 0.25) is 0 Å². The van der Waals surface area contributed by atoms with E-state index in [0.717, 1.165) is 11.8 Å². The van der Waals surface area contributed by atoms with E-state index in [-0.39, 0.29) is 17.7 Å². The van der Waals surface area contributed by atoms with Gasteiger partial charge in [0.05, 0.1) is 11.1 Å². The van der Waals surface area contributed by atoms with Crippen LogP contribution in [0.5, 0.6) is 0 Å². The first-order valence-electron chi connectivity index (χ1n) is 10.4. The predicted molar refractivity (Wildman–Crippen MR) is 115 cm³/mol. The van der Waals surface area contributed by atoms with Crippen LogP contribution < -0.4 is 0 Å². The van der Waals surface area contributed by atoms with Gasteiger partial charge < -0.3 is 18.9 Å². The SMILES string of the molecule is CCSC1OC(COC(C)=O)C(OC(C)=O)C(OC(C)=O)C1N1C(=O)c2ccccc2C1=O. The lowest BCUT2D eigenvalue weighted by Gasteiger charge is -2.47. The monoisotopic (exact) mass is 479 g/mol. The van der Waals surface area contributed by atoms with Crippen LogP contribution in [0.3, 0.4) is 0 Å². The number of carbonyl (C=O) groups is 5. The number of carbonyl (C=O) groups excluding carboxylic acids is 5. The highest BCUT2D eigenvalue weighted by atomic mass is 32.2. The number of amides is 2. The number of hydrogen-bond acceptors (Lipinski definition) is 10. The summed E-state index contributed by atoms with van der Waals surface area (Å²) in [6.07, 6.45) is -3.46. The third-order valence-electron chi connectivity index (χ3n) is 5.12. The molecule has 3 rings (SSSR count). The normalized spacial score (nSPS) is 26.5. The first-order valence-corrected chi connectivity index (χ1v) is 11.4. The molecule has 1 saturated heterocycles. The first-order chi connectivity index (χ1) is 15.6. The second-order valence-electron chi connectivity index (χ2n) is 7.47. The fourth-order valence-electron chi connectivity index (χ4n) is 3.94. The molecule has 0 N–H and O–H groups in total. The third kappa shape index (κ3) is 5.19. The summed E-state index contributed by atoms with van der Waals surface area (Å²) in [6.45, 7) is 5.13. The number of benzene rings is 1. The van der Waals surface area contributed by atoms with Gasteiger partial charge in [-0.1, -0.05) is 19.1 Å². The molecule has 0 spiro atoms. The lowest BCUT2D eigenvalue weighted by molar-refractivity contribution is -0.216. The van der Waals surface area contributed by atoms with Crippen molar-refractivity contribution >= 4 is 41.5 Å². The molecule has 0 aromatic heterocycles. The van der Waals surface area contributed by atoms with E-state index in [0.29, 0.717) is 5.75 Å². The van der Waals surface area contributed by atoms with Gasteiger partial charge in [0.1, 0.15) is 24.2 Å². The zero-order valence-electron chi connectivity index (χ0n) is 18.6. The highest BCUT2D eigenvalue weighted by Gasteiger charge is 2.56. The fraction of sp³-hybridized carbons (Fsp3) is 0.500. The van der Waals surface area contributed by atoms with Crippen LogP contribution in [0.4, 0.5) is 0 Å². The number of esters is 3. The summed E-state index contributed by atoms with van der Waals surface area (Å²) >= 11 is 1.28. The van der Waals surface area contributed by atoms with Crippen molar-refractivity contribution in [3.05, 3.63) is 35.4 Å². The Labute approximate surface area is 194 Å². The minimum atomic E-state index is -1.24. The minimum Gasteiger partial charge on any atom is -0.463 e. The van der Waals surface area contributed by atoms with Crippen LogP contribution in [0, 0.1) is 0 Å². The highest BCUT2D eigenvalue weighted by molar-refractivity contribution is 7.99. The van der Waals surface area contributed by atoms with Gasteiger partial charge in [-0.3, -0.25) is 28.9 Å². The van der Waals surface area contributed by atoms with Crippen LogP contribution >= 0.6 is 11.8 Å². The van der Waals surface area contributed by atoms with Crippen molar-refractivity contribution in [2.45, 2.75) is 57.5 Å². The maximum absolute atomic E-state index is 13.2. The summed E-state index contributed by atoms with van der Waals surface area (Å²) in [7, 11) is 0. The molecule has 2 aliphatic rings. The number of fused-ring (bicyclic) bond motifs is 1. The molecule has 1 aromatic carbocycles. The lowest BCUT2D eigenvalue weighted by Crippen LogP contribution is -2.66. The molecule has 5 unspecified atom stereocenters. The van der Waals surface area contributed by atoms with Crippen molar-refractivity contribution in [3.8, 4) is 0 Å². The van der Waals surface area contributed by atoms with Gasteiger partial charge >= 0.3 is 17.9 Å². The summed E-state index contributed by atoms with van der Waals surface area (Å²) in [5.41, 5.74) is -0.403. The average Bonchev–Trinajstić information content (AvgIpc) is 2.99. The Morgan fingerprint density at radius 1 is 0.939 bits per heavy atom. The molecule has 33 heavy (non-hydrogen) atoms.